The Morgan fingerprint density at radius 2 is 1.94 bits per heavy atom. The maximum Gasteiger partial charge on any atom is 0.324 e. The average Bonchev–Trinajstić information content (AvgIpc) is 2.99. The van der Waals surface area contributed by atoms with E-state index in [1.807, 2.05) is 12.1 Å². The van der Waals surface area contributed by atoms with Gasteiger partial charge in [-0.3, -0.25) is 4.79 Å². The number of carbonyl (C=O) groups is 1. The van der Waals surface area contributed by atoms with Crippen LogP contribution in [0.4, 0.5) is 0 Å². The number of halogens is 1. The third kappa shape index (κ3) is 1.51. The lowest BCUT2D eigenvalue weighted by Crippen LogP contribution is -2.54. The molecule has 3 nitrogen and oxygen atoms in total. The first kappa shape index (κ1) is 11.4. The number of nitrogens with two attached hydrogens (primary N) is 1. The Hall–Kier alpha value is -1.06. The van der Waals surface area contributed by atoms with Crippen molar-refractivity contribution in [2.24, 2.45) is 5.73 Å². The third-order valence-electron chi connectivity index (χ3n) is 3.59. The molecule has 1 aliphatic carbocycles. The van der Waals surface area contributed by atoms with Crippen LogP contribution in [0.15, 0.2) is 24.3 Å². The van der Waals surface area contributed by atoms with Crippen LogP contribution in [-0.2, 0) is 10.2 Å². The quantitative estimate of drug-likeness (QED) is 0.850. The van der Waals surface area contributed by atoms with Crippen molar-refractivity contribution in [3.05, 3.63) is 34.9 Å². The fraction of sp³-hybridized carbons (Fsp3) is 0.417. The highest BCUT2D eigenvalue weighted by molar-refractivity contribution is 6.30. The Balaban J connectivity index is 2.40. The first-order valence-corrected chi connectivity index (χ1v) is 5.56. The summed E-state index contributed by atoms with van der Waals surface area (Å²) in [4.78, 5) is 11.2. The van der Waals surface area contributed by atoms with E-state index >= 15 is 0 Å². The molecular formula is C12H14ClNO2. The third-order valence-corrected chi connectivity index (χ3v) is 3.84. The minimum absolute atomic E-state index is 0.427. The molecule has 0 aromatic heterocycles. The summed E-state index contributed by atoms with van der Waals surface area (Å²) in [5, 5.41) is 9.83. The molecule has 16 heavy (non-hydrogen) atoms. The molecule has 1 saturated carbocycles. The fourth-order valence-electron chi connectivity index (χ4n) is 2.21. The van der Waals surface area contributed by atoms with Gasteiger partial charge in [0.1, 0.15) is 5.54 Å². The van der Waals surface area contributed by atoms with Crippen LogP contribution in [-0.4, -0.2) is 16.6 Å². The molecule has 1 unspecified atom stereocenters. The first-order valence-electron chi connectivity index (χ1n) is 5.18. The highest BCUT2D eigenvalue weighted by Crippen LogP contribution is 2.54. The van der Waals surface area contributed by atoms with Crippen LogP contribution in [0.5, 0.6) is 0 Å². The Kier molecular flexibility index (Phi) is 2.48. The van der Waals surface area contributed by atoms with Gasteiger partial charge in [0.2, 0.25) is 0 Å². The van der Waals surface area contributed by atoms with E-state index < -0.39 is 16.9 Å². The van der Waals surface area contributed by atoms with Crippen molar-refractivity contribution in [1.29, 1.82) is 0 Å². The topological polar surface area (TPSA) is 63.3 Å². The molecule has 0 saturated heterocycles. The number of hydrogen-bond acceptors (Lipinski definition) is 2. The second kappa shape index (κ2) is 3.47. The maximum atomic E-state index is 11.2. The molecule has 0 radical (unpaired) electrons. The monoisotopic (exact) mass is 239 g/mol. The molecule has 3 N–H and O–H groups in total. The second-order valence-corrected chi connectivity index (χ2v) is 5.03. The molecule has 86 valence electrons. The SMILES string of the molecule is CC(N)(C(=O)O)C1(c2ccc(Cl)cc2)CC1. The molecule has 0 spiro atoms. The van der Waals surface area contributed by atoms with Gasteiger partial charge in [-0.05, 0) is 37.5 Å². The van der Waals surface area contributed by atoms with Crippen molar-refractivity contribution < 1.29 is 9.90 Å². The molecule has 2 rings (SSSR count). The summed E-state index contributed by atoms with van der Waals surface area (Å²) in [6.45, 7) is 1.58. The Morgan fingerprint density at radius 3 is 2.31 bits per heavy atom. The molecule has 4 heteroatoms. The van der Waals surface area contributed by atoms with Gasteiger partial charge in [0.15, 0.2) is 0 Å². The van der Waals surface area contributed by atoms with Crippen molar-refractivity contribution in [2.75, 3.05) is 0 Å². The minimum atomic E-state index is -1.22. The van der Waals surface area contributed by atoms with Gasteiger partial charge in [0.05, 0.1) is 0 Å². The summed E-state index contributed by atoms with van der Waals surface area (Å²) in [5.74, 6) is -0.958. The zero-order chi connectivity index (χ0) is 12.0. The van der Waals surface area contributed by atoms with Crippen molar-refractivity contribution in [2.45, 2.75) is 30.7 Å². The number of carboxylic acid groups (broad SMARTS) is 1. The van der Waals surface area contributed by atoms with Crippen molar-refractivity contribution in [3.63, 3.8) is 0 Å². The highest BCUT2D eigenvalue weighted by atomic mass is 35.5. The van der Waals surface area contributed by atoms with E-state index in [1.54, 1.807) is 19.1 Å². The van der Waals surface area contributed by atoms with Crippen LogP contribution < -0.4 is 5.73 Å². The van der Waals surface area contributed by atoms with E-state index in [1.165, 1.54) is 0 Å². The number of rotatable bonds is 3. The Labute approximate surface area is 99.2 Å². The summed E-state index contributed by atoms with van der Waals surface area (Å²) in [6, 6.07) is 7.27. The molecule has 0 aliphatic heterocycles. The van der Waals surface area contributed by atoms with Crippen molar-refractivity contribution in [3.8, 4) is 0 Å². The van der Waals surface area contributed by atoms with Gasteiger partial charge in [-0.15, -0.1) is 0 Å². The van der Waals surface area contributed by atoms with Gasteiger partial charge in [-0.1, -0.05) is 23.7 Å². The average molecular weight is 240 g/mol. The molecule has 0 bridgehead atoms. The largest absolute Gasteiger partial charge is 0.480 e. The van der Waals surface area contributed by atoms with Crippen LogP contribution in [0.2, 0.25) is 5.02 Å². The Morgan fingerprint density at radius 1 is 1.44 bits per heavy atom. The lowest BCUT2D eigenvalue weighted by Gasteiger charge is -2.30. The number of carboxylic acids is 1. The van der Waals surface area contributed by atoms with Gasteiger partial charge in [0, 0.05) is 10.4 Å². The van der Waals surface area contributed by atoms with Crippen LogP contribution in [0.3, 0.4) is 0 Å². The highest BCUT2D eigenvalue weighted by Gasteiger charge is 2.59. The molecule has 0 heterocycles. The summed E-state index contributed by atoms with van der Waals surface area (Å²) >= 11 is 5.81. The van der Waals surface area contributed by atoms with E-state index in [9.17, 15) is 9.90 Å². The number of benzene rings is 1. The van der Waals surface area contributed by atoms with Gasteiger partial charge in [0.25, 0.3) is 0 Å². The fourth-order valence-corrected chi connectivity index (χ4v) is 2.33. The summed E-state index contributed by atoms with van der Waals surface area (Å²) in [7, 11) is 0. The Bertz CT molecular complexity index is 421. The molecular weight excluding hydrogens is 226 g/mol. The normalized spacial score (nSPS) is 21.2. The maximum absolute atomic E-state index is 11.2. The van der Waals surface area contributed by atoms with Gasteiger partial charge < -0.3 is 10.8 Å². The number of hydrogen-bond donors (Lipinski definition) is 2. The van der Waals surface area contributed by atoms with Crippen molar-refractivity contribution in [1.82, 2.24) is 0 Å². The predicted molar refractivity (Wildman–Crippen MR) is 62.6 cm³/mol. The molecule has 1 aromatic rings. The van der Waals surface area contributed by atoms with Crippen LogP contribution in [0.25, 0.3) is 0 Å². The van der Waals surface area contributed by atoms with Gasteiger partial charge >= 0.3 is 5.97 Å². The zero-order valence-electron chi connectivity index (χ0n) is 9.03. The first-order chi connectivity index (χ1) is 7.40. The lowest BCUT2D eigenvalue weighted by atomic mass is 9.78. The zero-order valence-corrected chi connectivity index (χ0v) is 9.79. The van der Waals surface area contributed by atoms with E-state index in [4.69, 9.17) is 17.3 Å². The molecule has 1 fully saturated rings. The minimum Gasteiger partial charge on any atom is -0.480 e. The lowest BCUT2D eigenvalue weighted by molar-refractivity contribution is -0.144. The molecule has 1 atom stereocenters. The molecule has 1 aliphatic rings. The summed E-state index contributed by atoms with van der Waals surface area (Å²) in [5.41, 5.74) is 5.25. The molecule has 1 aromatic carbocycles. The van der Waals surface area contributed by atoms with Crippen LogP contribution in [0, 0.1) is 0 Å². The molecule has 0 amide bonds. The summed E-state index contributed by atoms with van der Waals surface area (Å²) < 4.78 is 0. The van der Waals surface area contributed by atoms with Gasteiger partial charge in [-0.2, -0.15) is 0 Å². The van der Waals surface area contributed by atoms with E-state index in [0.717, 1.165) is 18.4 Å². The van der Waals surface area contributed by atoms with Crippen LogP contribution >= 0.6 is 11.6 Å². The van der Waals surface area contributed by atoms with Crippen LogP contribution in [0.1, 0.15) is 25.3 Å². The second-order valence-electron chi connectivity index (χ2n) is 4.60. The van der Waals surface area contributed by atoms with E-state index in [2.05, 4.69) is 0 Å². The predicted octanol–water partition coefficient (Wildman–Crippen LogP) is 2.17. The standard InChI is InChI=1S/C12H14ClNO2/c1-11(14,10(15)16)12(6-7-12)8-2-4-9(13)5-3-8/h2-5H,6-7,14H2,1H3,(H,15,16). The summed E-state index contributed by atoms with van der Waals surface area (Å²) in [6.07, 6.45) is 1.63. The smallest absolute Gasteiger partial charge is 0.324 e. The van der Waals surface area contributed by atoms with E-state index in [-0.39, 0.29) is 0 Å². The van der Waals surface area contributed by atoms with Crippen molar-refractivity contribution >= 4 is 17.6 Å². The van der Waals surface area contributed by atoms with Gasteiger partial charge in [-0.25, -0.2) is 0 Å². The van der Waals surface area contributed by atoms with E-state index in [0.29, 0.717) is 5.02 Å². The number of aliphatic carboxylic acids is 1.